The number of likely N-dealkylation sites (N-methyl/N-ethyl adjacent to an activating group) is 1. The van der Waals surface area contributed by atoms with Crippen molar-refractivity contribution in [3.8, 4) is 0 Å². The van der Waals surface area contributed by atoms with Crippen molar-refractivity contribution in [2.24, 2.45) is 0 Å². The largest absolute Gasteiger partial charge is 0.472 e. The fraction of sp³-hybridized carbons (Fsp3) is 0.642. The van der Waals surface area contributed by atoms with Gasteiger partial charge in [0.25, 0.3) is 0 Å². The van der Waals surface area contributed by atoms with Crippen LogP contribution in [0.3, 0.4) is 0 Å². The van der Waals surface area contributed by atoms with E-state index in [-0.39, 0.29) is 19.1 Å². The highest BCUT2D eigenvalue weighted by Gasteiger charge is 2.27. The number of hydrogen-bond acceptors (Lipinski definition) is 5. The van der Waals surface area contributed by atoms with Crippen LogP contribution in [0.25, 0.3) is 0 Å². The number of unbranched alkanes of at least 4 members (excludes halogenated alkanes) is 13. The third-order valence-corrected chi connectivity index (χ3v) is 10.9. The standard InChI is InChI=1S/C53H91N2O6P/c1-6-8-10-12-14-15-16-17-18-19-20-21-22-23-24-25-26-27-28-29-30-31-32-33-34-35-36-37-38-39-41-43-45-47-53(57)54-51(52(56)46-44-42-40-13-11-9-7-2)50-61-62(58,59)60-49-48-55(3,4)5/h8,10-11,13-15,17-18,20-21,23-24,26-27,29-30,44,46,51-52,56H,6-7,9,12,16,19,22,25,28,31-43,45,47-50H2,1-5H3,(H-,54,57,58,59)/p+1/b10-8-,13-11+,15-14-,18-17-,21-20-,24-23-,27-26-,30-29-,46-44+. The van der Waals surface area contributed by atoms with E-state index in [4.69, 9.17) is 9.05 Å². The molecule has 0 aliphatic heterocycles. The number of quaternary nitrogens is 1. The number of nitrogens with one attached hydrogen (secondary N) is 1. The molecule has 0 aliphatic rings. The number of hydrogen-bond donors (Lipinski definition) is 3. The van der Waals surface area contributed by atoms with Crippen molar-refractivity contribution >= 4 is 13.7 Å². The van der Waals surface area contributed by atoms with E-state index in [0.29, 0.717) is 17.4 Å². The average Bonchev–Trinajstić information content (AvgIpc) is 3.23. The lowest BCUT2D eigenvalue weighted by atomic mass is 10.0. The summed E-state index contributed by atoms with van der Waals surface area (Å²) in [5.74, 6) is -0.201. The van der Waals surface area contributed by atoms with Crippen molar-refractivity contribution in [2.75, 3.05) is 40.9 Å². The van der Waals surface area contributed by atoms with Gasteiger partial charge in [-0.2, -0.15) is 0 Å². The Balaban J connectivity index is 4.04. The summed E-state index contributed by atoms with van der Waals surface area (Å²) in [6.45, 7) is 4.54. The molecule has 0 rings (SSSR count). The molecule has 354 valence electrons. The van der Waals surface area contributed by atoms with E-state index in [9.17, 15) is 19.4 Å². The Labute approximate surface area is 381 Å². The van der Waals surface area contributed by atoms with Crippen molar-refractivity contribution in [3.05, 3.63) is 109 Å². The summed E-state index contributed by atoms with van der Waals surface area (Å²) in [5, 5.41) is 13.7. The van der Waals surface area contributed by atoms with Gasteiger partial charge < -0.3 is 19.8 Å². The molecule has 0 radical (unpaired) electrons. The Morgan fingerprint density at radius 3 is 1.47 bits per heavy atom. The maximum absolute atomic E-state index is 12.8. The van der Waals surface area contributed by atoms with Gasteiger partial charge in [0, 0.05) is 6.42 Å². The summed E-state index contributed by atoms with van der Waals surface area (Å²) < 4.78 is 23.4. The number of aliphatic hydroxyl groups excluding tert-OH is 1. The van der Waals surface area contributed by atoms with Crippen LogP contribution >= 0.6 is 7.82 Å². The lowest BCUT2D eigenvalue weighted by Gasteiger charge is -2.25. The zero-order chi connectivity index (χ0) is 45.7. The Morgan fingerprint density at radius 1 is 0.565 bits per heavy atom. The van der Waals surface area contributed by atoms with Gasteiger partial charge in [-0.15, -0.1) is 0 Å². The normalized spacial score (nSPS) is 15.1. The van der Waals surface area contributed by atoms with Crippen molar-refractivity contribution in [2.45, 2.75) is 180 Å². The van der Waals surface area contributed by atoms with Gasteiger partial charge >= 0.3 is 7.82 Å². The van der Waals surface area contributed by atoms with E-state index in [0.717, 1.165) is 89.9 Å². The number of amides is 1. The molecule has 0 aromatic rings. The highest BCUT2D eigenvalue weighted by molar-refractivity contribution is 7.47. The highest BCUT2D eigenvalue weighted by atomic mass is 31.2. The number of carbonyl (C=O) groups excluding carboxylic acids is 1. The zero-order valence-electron chi connectivity index (χ0n) is 40.1. The SMILES string of the molecule is CC/C=C\C/C=C\C/C=C\C/C=C\C/C=C\C/C=C\C/C=C\CCCCCCCCCCCCCC(=O)NC(COP(=O)(O)OCC[N+](C)(C)C)C(O)/C=C/CC/C=C/CCC. The molecule has 3 atom stereocenters. The molecule has 1 amide bonds. The van der Waals surface area contributed by atoms with Crippen molar-refractivity contribution < 1.29 is 32.9 Å². The molecular weight excluding hydrogens is 792 g/mol. The number of rotatable bonds is 42. The number of allylic oxidation sites excluding steroid dienone is 17. The topological polar surface area (TPSA) is 105 Å². The van der Waals surface area contributed by atoms with Crippen LogP contribution in [-0.2, 0) is 18.4 Å². The fourth-order valence-electron chi connectivity index (χ4n) is 6.16. The Bertz CT molecular complexity index is 1370. The lowest BCUT2D eigenvalue weighted by Crippen LogP contribution is -2.45. The Morgan fingerprint density at radius 2 is 0.984 bits per heavy atom. The van der Waals surface area contributed by atoms with Gasteiger partial charge in [-0.1, -0.05) is 187 Å². The predicted octanol–water partition coefficient (Wildman–Crippen LogP) is 14.1. The number of carbonyl (C=O) groups is 1. The van der Waals surface area contributed by atoms with Crippen LogP contribution in [0.15, 0.2) is 109 Å². The third kappa shape index (κ3) is 45.2. The molecule has 3 unspecified atom stereocenters. The number of aliphatic hydroxyl groups is 1. The number of phosphoric ester groups is 1. The molecule has 0 aliphatic carbocycles. The highest BCUT2D eigenvalue weighted by Crippen LogP contribution is 2.43. The second-order valence-corrected chi connectivity index (χ2v) is 18.5. The summed E-state index contributed by atoms with van der Waals surface area (Å²) in [6, 6.07) is -0.868. The minimum absolute atomic E-state index is 0.0497. The van der Waals surface area contributed by atoms with Gasteiger partial charge in [-0.3, -0.25) is 13.8 Å². The molecule has 0 fully saturated rings. The van der Waals surface area contributed by atoms with E-state index in [2.05, 4.69) is 116 Å². The van der Waals surface area contributed by atoms with Crippen LogP contribution in [0.5, 0.6) is 0 Å². The first-order chi connectivity index (χ1) is 30.0. The lowest BCUT2D eigenvalue weighted by molar-refractivity contribution is -0.870. The average molecular weight is 884 g/mol. The second-order valence-electron chi connectivity index (χ2n) is 17.1. The van der Waals surface area contributed by atoms with E-state index < -0.39 is 20.0 Å². The van der Waals surface area contributed by atoms with E-state index >= 15 is 0 Å². The van der Waals surface area contributed by atoms with Gasteiger partial charge in [0.1, 0.15) is 13.2 Å². The van der Waals surface area contributed by atoms with Gasteiger partial charge in [0.2, 0.25) is 5.91 Å². The van der Waals surface area contributed by atoms with Gasteiger partial charge in [0.05, 0.1) is 39.9 Å². The van der Waals surface area contributed by atoms with Gasteiger partial charge in [-0.25, -0.2) is 4.57 Å². The van der Waals surface area contributed by atoms with Gasteiger partial charge in [-0.05, 0) is 83.5 Å². The second kappa shape index (κ2) is 43.4. The summed E-state index contributed by atoms with van der Waals surface area (Å²) in [7, 11) is 1.53. The minimum Gasteiger partial charge on any atom is -0.387 e. The molecule has 62 heavy (non-hydrogen) atoms. The molecule has 9 heteroatoms. The molecule has 0 saturated heterocycles. The van der Waals surface area contributed by atoms with E-state index in [1.807, 2.05) is 27.2 Å². The molecular formula is C53H92N2O6P+. The molecule has 0 aromatic heterocycles. The number of nitrogens with zero attached hydrogens (tertiary/aromatic N) is 1. The molecule has 0 bridgehead atoms. The molecule has 0 spiro atoms. The van der Waals surface area contributed by atoms with Crippen molar-refractivity contribution in [3.63, 3.8) is 0 Å². The molecule has 3 N–H and O–H groups in total. The quantitative estimate of drug-likeness (QED) is 0.0244. The van der Waals surface area contributed by atoms with E-state index in [1.165, 1.54) is 57.8 Å². The van der Waals surface area contributed by atoms with Crippen LogP contribution in [-0.4, -0.2) is 73.4 Å². The van der Waals surface area contributed by atoms with Crippen LogP contribution in [0.1, 0.15) is 168 Å². The van der Waals surface area contributed by atoms with Crippen molar-refractivity contribution in [1.82, 2.24) is 5.32 Å². The predicted molar refractivity (Wildman–Crippen MR) is 267 cm³/mol. The first-order valence-corrected chi connectivity index (χ1v) is 25.8. The molecule has 0 heterocycles. The maximum atomic E-state index is 12.8. The smallest absolute Gasteiger partial charge is 0.387 e. The van der Waals surface area contributed by atoms with Gasteiger partial charge in [0.15, 0.2) is 0 Å². The summed E-state index contributed by atoms with van der Waals surface area (Å²) in [5.41, 5.74) is 0. The monoisotopic (exact) mass is 884 g/mol. The Hall–Kier alpha value is -2.84. The fourth-order valence-corrected chi connectivity index (χ4v) is 6.90. The van der Waals surface area contributed by atoms with Crippen LogP contribution < -0.4 is 5.32 Å². The summed E-state index contributed by atoms with van der Waals surface area (Å²) in [6.07, 6.45) is 63.5. The Kier molecular flexibility index (Phi) is 41.4. The molecule has 0 aromatic carbocycles. The molecule has 8 nitrogen and oxygen atoms in total. The van der Waals surface area contributed by atoms with Crippen molar-refractivity contribution in [1.29, 1.82) is 0 Å². The molecule has 0 saturated carbocycles. The van der Waals surface area contributed by atoms with Crippen LogP contribution in [0.2, 0.25) is 0 Å². The van der Waals surface area contributed by atoms with E-state index in [1.54, 1.807) is 6.08 Å². The summed E-state index contributed by atoms with van der Waals surface area (Å²) in [4.78, 5) is 23.0. The number of phosphoric acid groups is 1. The summed E-state index contributed by atoms with van der Waals surface area (Å²) >= 11 is 0. The minimum atomic E-state index is -4.34. The first kappa shape index (κ1) is 59.2. The van der Waals surface area contributed by atoms with Crippen LogP contribution in [0.4, 0.5) is 0 Å². The third-order valence-electron chi connectivity index (χ3n) is 9.96. The first-order valence-electron chi connectivity index (χ1n) is 24.3. The van der Waals surface area contributed by atoms with Crippen LogP contribution in [0, 0.1) is 0 Å². The maximum Gasteiger partial charge on any atom is 0.472 e. The zero-order valence-corrected chi connectivity index (χ0v) is 41.0.